The van der Waals surface area contributed by atoms with E-state index < -0.39 is 19.9 Å². The van der Waals surface area contributed by atoms with Crippen LogP contribution in [0, 0.1) is 0 Å². The smallest absolute Gasteiger partial charge is 0.233 e. The van der Waals surface area contributed by atoms with Crippen molar-refractivity contribution in [1.29, 1.82) is 0 Å². The van der Waals surface area contributed by atoms with Gasteiger partial charge in [-0.15, -0.1) is 0 Å². The van der Waals surface area contributed by atoms with Crippen LogP contribution in [0.15, 0.2) is 18.3 Å². The third-order valence-corrected chi connectivity index (χ3v) is 7.03. The minimum atomic E-state index is -3.37. The molecule has 1 aliphatic heterocycles. The maximum Gasteiger partial charge on any atom is 0.233 e. The molecule has 1 N–H and O–H groups in total. The molecule has 1 aromatic rings. The third kappa shape index (κ3) is 5.07. The van der Waals surface area contributed by atoms with Crippen LogP contribution in [0.25, 0.3) is 0 Å². The van der Waals surface area contributed by atoms with Crippen molar-refractivity contribution in [3.63, 3.8) is 0 Å². The summed E-state index contributed by atoms with van der Waals surface area (Å²) in [4.78, 5) is 6.00. The van der Waals surface area contributed by atoms with Crippen molar-refractivity contribution in [2.75, 3.05) is 33.9 Å². The molecule has 1 aliphatic rings. The molecule has 0 amide bonds. The normalized spacial score (nSPS) is 20.3. The quantitative estimate of drug-likeness (QED) is 0.785. The Morgan fingerprint density at radius 2 is 2.13 bits per heavy atom. The molecule has 9 heteroatoms. The molecule has 2 rings (SSSR count). The van der Waals surface area contributed by atoms with Crippen LogP contribution < -0.4 is 9.62 Å². The number of aromatic nitrogens is 1. The van der Waals surface area contributed by atoms with Gasteiger partial charge < -0.3 is 4.90 Å². The van der Waals surface area contributed by atoms with Gasteiger partial charge in [0, 0.05) is 13.1 Å². The number of pyridine rings is 1. The Bertz CT molecular complexity index is 730. The van der Waals surface area contributed by atoms with Gasteiger partial charge in [-0.3, -0.25) is 4.72 Å². The highest BCUT2D eigenvalue weighted by Crippen LogP contribution is 2.23. The van der Waals surface area contributed by atoms with Gasteiger partial charge in [-0.05, 0) is 25.0 Å². The molecule has 7 nitrogen and oxygen atoms in total. The van der Waals surface area contributed by atoms with Crippen molar-refractivity contribution >= 4 is 31.4 Å². The van der Waals surface area contributed by atoms with Crippen LogP contribution in [0.3, 0.4) is 0 Å². The van der Waals surface area contributed by atoms with Crippen molar-refractivity contribution < 1.29 is 16.8 Å². The lowest BCUT2D eigenvalue weighted by Gasteiger charge is -2.25. The monoisotopic (exact) mass is 361 g/mol. The molecule has 0 saturated carbocycles. The molecule has 1 fully saturated rings. The Balaban J connectivity index is 2.02. The van der Waals surface area contributed by atoms with Crippen LogP contribution in [-0.2, 0) is 19.9 Å². The molecule has 1 unspecified atom stereocenters. The van der Waals surface area contributed by atoms with E-state index in [1.807, 2.05) is 18.9 Å². The maximum atomic E-state index is 11.8. The average molecular weight is 361 g/mol. The summed E-state index contributed by atoms with van der Waals surface area (Å²) in [5.41, 5.74) is 0.767. The summed E-state index contributed by atoms with van der Waals surface area (Å²) in [5, 5.41) is 0. The summed E-state index contributed by atoms with van der Waals surface area (Å²) >= 11 is 0. The van der Waals surface area contributed by atoms with Gasteiger partial charge in [0.2, 0.25) is 10.0 Å². The summed E-state index contributed by atoms with van der Waals surface area (Å²) in [6.45, 7) is 1.93. The minimum absolute atomic E-state index is 0.0612. The molecular formula is C14H23N3O4S2. The fourth-order valence-electron chi connectivity index (χ4n) is 2.49. The predicted octanol–water partition coefficient (Wildman–Crippen LogP) is 1.25. The van der Waals surface area contributed by atoms with Crippen LogP contribution in [0.5, 0.6) is 0 Å². The van der Waals surface area contributed by atoms with Gasteiger partial charge in [-0.2, -0.15) is 0 Å². The summed E-state index contributed by atoms with van der Waals surface area (Å²) in [7, 11) is -4.48. The van der Waals surface area contributed by atoms with E-state index in [0.717, 1.165) is 12.1 Å². The first-order valence-corrected chi connectivity index (χ1v) is 11.1. The second-order valence-electron chi connectivity index (χ2n) is 5.84. The van der Waals surface area contributed by atoms with E-state index in [4.69, 9.17) is 0 Å². The fraction of sp³-hybridized carbons (Fsp3) is 0.643. The minimum Gasteiger partial charge on any atom is -0.369 e. The second-order valence-corrected chi connectivity index (χ2v) is 9.91. The zero-order chi connectivity index (χ0) is 17.1. The van der Waals surface area contributed by atoms with E-state index in [1.165, 1.54) is 0 Å². The fourth-order valence-corrected chi connectivity index (χ4v) is 5.48. The van der Waals surface area contributed by atoms with Crippen molar-refractivity contribution in [2.24, 2.45) is 0 Å². The van der Waals surface area contributed by atoms with E-state index in [-0.39, 0.29) is 29.1 Å². The zero-order valence-corrected chi connectivity index (χ0v) is 15.0. The Morgan fingerprint density at radius 3 is 2.65 bits per heavy atom. The van der Waals surface area contributed by atoms with Crippen molar-refractivity contribution in [1.82, 2.24) is 4.98 Å². The molecule has 0 aliphatic carbocycles. The van der Waals surface area contributed by atoms with E-state index in [0.29, 0.717) is 12.8 Å². The zero-order valence-electron chi connectivity index (χ0n) is 13.4. The SMILES string of the molecule is CCCCS(=O)(=O)Nc1ccc(N(C)C2CCS(=O)(=O)C2)cn1. The molecule has 2 heterocycles. The highest BCUT2D eigenvalue weighted by atomic mass is 32.2. The van der Waals surface area contributed by atoms with Crippen molar-refractivity contribution in [3.05, 3.63) is 18.3 Å². The Kier molecular flexibility index (Phi) is 5.51. The highest BCUT2D eigenvalue weighted by Gasteiger charge is 2.30. The lowest BCUT2D eigenvalue weighted by Crippen LogP contribution is -2.32. The summed E-state index contributed by atoms with van der Waals surface area (Å²) < 4.78 is 49.2. The van der Waals surface area contributed by atoms with Gasteiger partial charge >= 0.3 is 0 Å². The predicted molar refractivity (Wildman–Crippen MR) is 92.0 cm³/mol. The highest BCUT2D eigenvalue weighted by molar-refractivity contribution is 7.92. The molecule has 1 saturated heterocycles. The number of nitrogens with zero attached hydrogens (tertiary/aromatic N) is 2. The van der Waals surface area contributed by atoms with E-state index >= 15 is 0 Å². The number of rotatable bonds is 7. The second kappa shape index (κ2) is 7.04. The summed E-state index contributed by atoms with van der Waals surface area (Å²) in [5.74, 6) is 0.712. The molecule has 1 atom stereocenters. The number of hydrogen-bond acceptors (Lipinski definition) is 6. The average Bonchev–Trinajstić information content (AvgIpc) is 2.85. The van der Waals surface area contributed by atoms with E-state index in [2.05, 4.69) is 9.71 Å². The number of nitrogens with one attached hydrogen (secondary N) is 1. The van der Waals surface area contributed by atoms with Gasteiger partial charge in [0.05, 0.1) is 29.1 Å². The van der Waals surface area contributed by atoms with E-state index in [9.17, 15) is 16.8 Å². The summed E-state index contributed by atoms with van der Waals surface area (Å²) in [6, 6.07) is 3.28. The van der Waals surface area contributed by atoms with Crippen LogP contribution in [0.4, 0.5) is 11.5 Å². The number of sulfonamides is 1. The summed E-state index contributed by atoms with van der Waals surface area (Å²) in [6.07, 6.45) is 3.57. The van der Waals surface area contributed by atoms with Crippen LogP contribution in [0.1, 0.15) is 26.2 Å². The van der Waals surface area contributed by atoms with Crippen LogP contribution in [0.2, 0.25) is 0 Å². The Hall–Kier alpha value is -1.35. The van der Waals surface area contributed by atoms with Crippen LogP contribution in [-0.4, -0.2) is 52.2 Å². The molecule has 0 aromatic carbocycles. The molecule has 1 aromatic heterocycles. The molecule has 0 radical (unpaired) electrons. The third-order valence-electron chi connectivity index (χ3n) is 3.94. The van der Waals surface area contributed by atoms with Gasteiger partial charge in [-0.25, -0.2) is 21.8 Å². The van der Waals surface area contributed by atoms with Gasteiger partial charge in [0.15, 0.2) is 9.84 Å². The largest absolute Gasteiger partial charge is 0.369 e. The standard InChI is InChI=1S/C14H23N3O4S2/c1-3-4-8-23(20,21)16-14-6-5-12(10-15-14)17(2)13-7-9-22(18,19)11-13/h5-6,10,13H,3-4,7-9,11H2,1-2H3,(H,15,16). The van der Waals surface area contributed by atoms with E-state index in [1.54, 1.807) is 18.3 Å². The molecule has 23 heavy (non-hydrogen) atoms. The number of sulfone groups is 1. The lowest BCUT2D eigenvalue weighted by molar-refractivity contribution is 0.597. The first-order chi connectivity index (χ1) is 10.7. The number of hydrogen-bond donors (Lipinski definition) is 1. The van der Waals surface area contributed by atoms with Crippen molar-refractivity contribution in [3.8, 4) is 0 Å². The molecule has 130 valence electrons. The maximum absolute atomic E-state index is 11.8. The Morgan fingerprint density at radius 1 is 1.39 bits per heavy atom. The van der Waals surface area contributed by atoms with Gasteiger partial charge in [0.25, 0.3) is 0 Å². The molecule has 0 bridgehead atoms. The Labute approximate surface area is 138 Å². The number of anilines is 2. The van der Waals surface area contributed by atoms with Crippen molar-refractivity contribution in [2.45, 2.75) is 32.2 Å². The van der Waals surface area contributed by atoms with Gasteiger partial charge in [-0.1, -0.05) is 13.3 Å². The number of unbranched alkanes of at least 4 members (excludes halogenated alkanes) is 1. The molecule has 0 spiro atoms. The molecular weight excluding hydrogens is 338 g/mol. The van der Waals surface area contributed by atoms with Crippen LogP contribution >= 0.6 is 0 Å². The first-order valence-electron chi connectivity index (χ1n) is 7.62. The lowest BCUT2D eigenvalue weighted by atomic mass is 10.2. The topological polar surface area (TPSA) is 96.4 Å². The first kappa shape index (κ1) is 18.0. The van der Waals surface area contributed by atoms with Gasteiger partial charge in [0.1, 0.15) is 5.82 Å².